The van der Waals surface area contributed by atoms with Crippen molar-refractivity contribution >= 4 is 17.4 Å². The second-order valence-corrected chi connectivity index (χ2v) is 3.01. The van der Waals surface area contributed by atoms with E-state index in [-0.39, 0.29) is 0 Å². The molecule has 1 aromatic heterocycles. The van der Waals surface area contributed by atoms with Crippen LogP contribution in [0.1, 0.15) is 12.2 Å². The number of rotatable bonds is 4. The topological polar surface area (TPSA) is 37.8 Å². The van der Waals surface area contributed by atoms with Crippen molar-refractivity contribution in [2.24, 2.45) is 0 Å². The van der Waals surface area contributed by atoms with E-state index in [9.17, 15) is 0 Å². The van der Waals surface area contributed by atoms with E-state index in [4.69, 9.17) is 11.6 Å². The van der Waals surface area contributed by atoms with Crippen LogP contribution in [0.4, 0.5) is 5.82 Å². The van der Waals surface area contributed by atoms with Gasteiger partial charge in [-0.1, -0.05) is 17.7 Å². The van der Waals surface area contributed by atoms with Gasteiger partial charge in [-0.25, -0.2) is 9.97 Å². The molecule has 0 saturated heterocycles. The zero-order valence-electron chi connectivity index (χ0n) is 7.55. The molecule has 0 fully saturated rings. The summed E-state index contributed by atoms with van der Waals surface area (Å²) in [5.74, 6) is 1.44. The Bertz CT molecular complexity index is 279. The van der Waals surface area contributed by atoms with Crippen LogP contribution in [0.25, 0.3) is 0 Å². The second-order valence-electron chi connectivity index (χ2n) is 2.63. The molecule has 13 heavy (non-hydrogen) atoms. The Labute approximate surface area is 82.9 Å². The van der Waals surface area contributed by atoms with Gasteiger partial charge in [-0.05, 0) is 13.3 Å². The van der Waals surface area contributed by atoms with E-state index in [1.807, 2.05) is 13.0 Å². The minimum absolute atomic E-state index is 0.466. The maximum atomic E-state index is 5.75. The molecule has 1 aromatic rings. The zero-order valence-corrected chi connectivity index (χ0v) is 8.30. The summed E-state index contributed by atoms with van der Waals surface area (Å²) >= 11 is 5.75. The van der Waals surface area contributed by atoms with Gasteiger partial charge in [0.1, 0.15) is 16.8 Å². The summed E-state index contributed by atoms with van der Waals surface area (Å²) in [7, 11) is 0. The van der Waals surface area contributed by atoms with Gasteiger partial charge in [-0.3, -0.25) is 0 Å². The molecule has 0 aliphatic carbocycles. The molecule has 0 bridgehead atoms. The summed E-state index contributed by atoms with van der Waals surface area (Å²) in [6, 6.07) is 1.71. The second kappa shape index (κ2) is 4.82. The van der Waals surface area contributed by atoms with Crippen LogP contribution in [0.15, 0.2) is 18.7 Å². The number of hydrogen-bond donors (Lipinski definition) is 1. The lowest BCUT2D eigenvalue weighted by atomic mass is 10.4. The number of nitrogens with zero attached hydrogens (tertiary/aromatic N) is 2. The first kappa shape index (κ1) is 9.99. The van der Waals surface area contributed by atoms with Crippen molar-refractivity contribution < 1.29 is 0 Å². The average molecular weight is 198 g/mol. The lowest BCUT2D eigenvalue weighted by Gasteiger charge is -2.04. The van der Waals surface area contributed by atoms with Gasteiger partial charge < -0.3 is 5.32 Å². The number of aromatic nitrogens is 2. The molecule has 0 aliphatic heterocycles. The van der Waals surface area contributed by atoms with Gasteiger partial charge in [-0.15, -0.1) is 6.58 Å². The van der Waals surface area contributed by atoms with Gasteiger partial charge in [0.05, 0.1) is 0 Å². The van der Waals surface area contributed by atoms with Crippen LogP contribution in [0.3, 0.4) is 0 Å². The molecule has 0 amide bonds. The molecule has 0 unspecified atom stereocenters. The average Bonchev–Trinajstić information content (AvgIpc) is 2.03. The Morgan fingerprint density at radius 2 is 2.38 bits per heavy atom. The molecule has 1 N–H and O–H groups in total. The normalized spacial score (nSPS) is 9.69. The van der Waals surface area contributed by atoms with Crippen LogP contribution in [-0.4, -0.2) is 16.5 Å². The molecule has 0 saturated carbocycles. The fourth-order valence-corrected chi connectivity index (χ4v) is 1.15. The minimum Gasteiger partial charge on any atom is -0.370 e. The van der Waals surface area contributed by atoms with Crippen molar-refractivity contribution in [1.82, 2.24) is 9.97 Å². The summed E-state index contributed by atoms with van der Waals surface area (Å²) in [6.45, 7) is 6.25. The van der Waals surface area contributed by atoms with Crippen LogP contribution in [0, 0.1) is 6.92 Å². The molecule has 1 heterocycles. The zero-order chi connectivity index (χ0) is 9.68. The molecular formula is C9H12ClN3. The van der Waals surface area contributed by atoms with Gasteiger partial charge in [0.2, 0.25) is 0 Å². The van der Waals surface area contributed by atoms with Crippen LogP contribution < -0.4 is 5.32 Å². The maximum absolute atomic E-state index is 5.75. The summed E-state index contributed by atoms with van der Waals surface area (Å²) < 4.78 is 0. The third-order valence-electron chi connectivity index (χ3n) is 1.46. The van der Waals surface area contributed by atoms with Crippen molar-refractivity contribution in [3.8, 4) is 0 Å². The van der Waals surface area contributed by atoms with Gasteiger partial charge >= 0.3 is 0 Å². The highest BCUT2D eigenvalue weighted by molar-refractivity contribution is 6.29. The lowest BCUT2D eigenvalue weighted by Crippen LogP contribution is -2.03. The lowest BCUT2D eigenvalue weighted by molar-refractivity contribution is 1.00. The largest absolute Gasteiger partial charge is 0.370 e. The van der Waals surface area contributed by atoms with Crippen molar-refractivity contribution in [3.05, 3.63) is 29.7 Å². The Morgan fingerprint density at radius 1 is 1.62 bits per heavy atom. The van der Waals surface area contributed by atoms with E-state index in [1.54, 1.807) is 6.07 Å². The van der Waals surface area contributed by atoms with Crippen molar-refractivity contribution in [1.29, 1.82) is 0 Å². The summed E-state index contributed by atoms with van der Waals surface area (Å²) in [6.07, 6.45) is 2.75. The van der Waals surface area contributed by atoms with E-state index in [0.29, 0.717) is 11.0 Å². The van der Waals surface area contributed by atoms with E-state index in [2.05, 4.69) is 21.9 Å². The standard InChI is InChI=1S/C9H12ClN3/c1-3-4-5-11-9-6-8(10)12-7(2)13-9/h3,6H,1,4-5H2,2H3,(H,11,12,13). The van der Waals surface area contributed by atoms with E-state index in [1.165, 1.54) is 0 Å². The molecule has 0 spiro atoms. The van der Waals surface area contributed by atoms with Crippen molar-refractivity contribution in [3.63, 3.8) is 0 Å². The first-order valence-corrected chi connectivity index (χ1v) is 4.46. The number of nitrogens with one attached hydrogen (secondary N) is 1. The molecule has 3 nitrogen and oxygen atoms in total. The fraction of sp³-hybridized carbons (Fsp3) is 0.333. The maximum Gasteiger partial charge on any atom is 0.134 e. The highest BCUT2D eigenvalue weighted by Crippen LogP contribution is 2.10. The minimum atomic E-state index is 0.466. The molecular weight excluding hydrogens is 186 g/mol. The molecule has 70 valence electrons. The van der Waals surface area contributed by atoms with Crippen molar-refractivity contribution in [2.75, 3.05) is 11.9 Å². The van der Waals surface area contributed by atoms with E-state index >= 15 is 0 Å². The van der Waals surface area contributed by atoms with Crippen LogP contribution in [0.2, 0.25) is 5.15 Å². The summed E-state index contributed by atoms with van der Waals surface area (Å²) in [4.78, 5) is 8.12. The third kappa shape index (κ3) is 3.42. The molecule has 0 aliphatic rings. The van der Waals surface area contributed by atoms with Gasteiger partial charge in [0, 0.05) is 12.6 Å². The third-order valence-corrected chi connectivity index (χ3v) is 1.65. The molecule has 0 atom stereocenters. The van der Waals surface area contributed by atoms with Crippen molar-refractivity contribution in [2.45, 2.75) is 13.3 Å². The Balaban J connectivity index is 2.60. The molecule has 0 radical (unpaired) electrons. The Kier molecular flexibility index (Phi) is 3.71. The monoisotopic (exact) mass is 197 g/mol. The molecule has 1 rings (SSSR count). The Hall–Kier alpha value is -1.09. The summed E-state index contributed by atoms with van der Waals surface area (Å²) in [5, 5.41) is 3.59. The SMILES string of the molecule is C=CCCNc1cc(Cl)nc(C)n1. The number of halogens is 1. The van der Waals surface area contributed by atoms with Crippen LogP contribution in [-0.2, 0) is 0 Å². The number of aryl methyl sites for hydroxylation is 1. The van der Waals surface area contributed by atoms with Gasteiger partial charge in [0.15, 0.2) is 0 Å². The van der Waals surface area contributed by atoms with E-state index < -0.39 is 0 Å². The predicted octanol–water partition coefficient (Wildman–Crippen LogP) is 2.43. The Morgan fingerprint density at radius 3 is 3.00 bits per heavy atom. The highest BCUT2D eigenvalue weighted by atomic mass is 35.5. The quantitative estimate of drug-likeness (QED) is 0.458. The highest BCUT2D eigenvalue weighted by Gasteiger charge is 1.97. The number of anilines is 1. The number of hydrogen-bond acceptors (Lipinski definition) is 3. The van der Waals surface area contributed by atoms with Gasteiger partial charge in [0.25, 0.3) is 0 Å². The molecule has 4 heteroatoms. The first-order chi connectivity index (χ1) is 6.22. The first-order valence-electron chi connectivity index (χ1n) is 4.08. The summed E-state index contributed by atoms with van der Waals surface area (Å²) in [5.41, 5.74) is 0. The predicted molar refractivity (Wildman–Crippen MR) is 55.1 cm³/mol. The smallest absolute Gasteiger partial charge is 0.134 e. The molecule has 0 aromatic carbocycles. The van der Waals surface area contributed by atoms with E-state index in [0.717, 1.165) is 18.8 Å². The fourth-order valence-electron chi connectivity index (χ4n) is 0.924. The van der Waals surface area contributed by atoms with Crippen LogP contribution in [0.5, 0.6) is 0 Å². The van der Waals surface area contributed by atoms with Crippen LogP contribution >= 0.6 is 11.6 Å². The van der Waals surface area contributed by atoms with Gasteiger partial charge in [-0.2, -0.15) is 0 Å².